The van der Waals surface area contributed by atoms with Gasteiger partial charge in [-0.05, 0) is 57.0 Å². The van der Waals surface area contributed by atoms with Gasteiger partial charge in [-0.2, -0.15) is 16.7 Å². The number of nitrogens with zero attached hydrogens (tertiary/aromatic N) is 3. The van der Waals surface area contributed by atoms with Gasteiger partial charge in [0.1, 0.15) is 0 Å². The fraction of sp³-hybridized carbons (Fsp3) is 0.444. The molecule has 0 radical (unpaired) electrons. The fourth-order valence-corrected chi connectivity index (χ4v) is 5.15. The first kappa shape index (κ1) is 24.5. The summed E-state index contributed by atoms with van der Waals surface area (Å²) in [6.45, 7) is 7.15. The minimum atomic E-state index is 0.0214. The number of hydrogen-bond acceptors (Lipinski definition) is 6. The van der Waals surface area contributed by atoms with Crippen LogP contribution in [0.1, 0.15) is 41.8 Å². The first-order valence-corrected chi connectivity index (χ1v) is 13.3. The Bertz CT molecular complexity index is 1070. The van der Waals surface area contributed by atoms with E-state index in [1.165, 1.54) is 16.7 Å². The number of thioether (sulfide) groups is 1. The zero-order chi connectivity index (χ0) is 23.8. The monoisotopic (exact) mass is 478 g/mol. The smallest absolute Gasteiger partial charge is 0.241 e. The van der Waals surface area contributed by atoms with Crippen LogP contribution in [-0.4, -0.2) is 46.3 Å². The molecule has 2 heterocycles. The first-order chi connectivity index (χ1) is 16.6. The molecule has 2 aromatic carbocycles. The maximum Gasteiger partial charge on any atom is 0.241 e. The summed E-state index contributed by atoms with van der Waals surface area (Å²) < 4.78 is 5.49. The third kappa shape index (κ3) is 7.18. The summed E-state index contributed by atoms with van der Waals surface area (Å²) in [6.07, 6.45) is 2.93. The summed E-state index contributed by atoms with van der Waals surface area (Å²) in [7, 11) is 0. The van der Waals surface area contributed by atoms with Gasteiger partial charge in [-0.25, -0.2) is 0 Å². The molecule has 3 aromatic rings. The van der Waals surface area contributed by atoms with E-state index < -0.39 is 0 Å². The van der Waals surface area contributed by atoms with E-state index in [9.17, 15) is 4.79 Å². The normalized spacial score (nSPS) is 16.5. The van der Waals surface area contributed by atoms with Crippen LogP contribution in [0, 0.1) is 19.8 Å². The van der Waals surface area contributed by atoms with Gasteiger partial charge >= 0.3 is 0 Å². The van der Waals surface area contributed by atoms with Gasteiger partial charge in [0.05, 0.1) is 12.5 Å². The molecule has 1 fully saturated rings. The minimum Gasteiger partial charge on any atom is -0.356 e. The Morgan fingerprint density at radius 2 is 2.03 bits per heavy atom. The van der Waals surface area contributed by atoms with E-state index in [1.807, 2.05) is 36.9 Å². The van der Waals surface area contributed by atoms with Gasteiger partial charge in [-0.15, -0.1) is 0 Å². The number of nitrogens with one attached hydrogen (secondary N) is 1. The molecule has 180 valence electrons. The molecule has 1 aliphatic rings. The van der Waals surface area contributed by atoms with Crippen molar-refractivity contribution in [1.29, 1.82) is 0 Å². The predicted octanol–water partition coefficient (Wildman–Crippen LogP) is 5.01. The van der Waals surface area contributed by atoms with E-state index in [2.05, 4.69) is 57.6 Å². The van der Waals surface area contributed by atoms with Gasteiger partial charge in [-0.3, -0.25) is 9.69 Å². The molecule has 1 unspecified atom stereocenters. The second kappa shape index (κ2) is 12.2. The molecule has 6 nitrogen and oxygen atoms in total. The maximum atomic E-state index is 12.7. The summed E-state index contributed by atoms with van der Waals surface area (Å²) in [4.78, 5) is 19.5. The molecule has 1 N–H and O–H groups in total. The zero-order valence-corrected chi connectivity index (χ0v) is 20.9. The highest BCUT2D eigenvalue weighted by atomic mass is 32.2. The zero-order valence-electron chi connectivity index (χ0n) is 20.1. The van der Waals surface area contributed by atoms with Gasteiger partial charge in [-0.1, -0.05) is 58.7 Å². The van der Waals surface area contributed by atoms with E-state index in [-0.39, 0.29) is 11.8 Å². The van der Waals surface area contributed by atoms with Crippen LogP contribution in [0.15, 0.2) is 53.1 Å². The molecular formula is C27H34N4O2S. The van der Waals surface area contributed by atoms with Crippen molar-refractivity contribution < 1.29 is 9.32 Å². The molecule has 4 rings (SSSR count). The molecule has 34 heavy (non-hydrogen) atoms. The Labute approximate surface area is 206 Å². The second-order valence-electron chi connectivity index (χ2n) is 9.14. The molecule has 0 spiro atoms. The average molecular weight is 479 g/mol. The van der Waals surface area contributed by atoms with E-state index in [0.717, 1.165) is 56.0 Å². The van der Waals surface area contributed by atoms with Gasteiger partial charge in [0.25, 0.3) is 0 Å². The molecule has 1 amide bonds. The van der Waals surface area contributed by atoms with Gasteiger partial charge in [0, 0.05) is 24.4 Å². The number of hydrogen-bond donors (Lipinski definition) is 1. The van der Waals surface area contributed by atoms with Crippen LogP contribution in [0.25, 0.3) is 11.4 Å². The third-order valence-corrected chi connectivity index (χ3v) is 7.25. The molecule has 1 aromatic heterocycles. The number of likely N-dealkylation sites (tertiary alicyclic amines) is 1. The topological polar surface area (TPSA) is 71.3 Å². The number of aromatic nitrogens is 2. The number of carbonyl (C=O) groups is 1. The summed E-state index contributed by atoms with van der Waals surface area (Å²) >= 11 is 1.92. The number of benzene rings is 2. The molecule has 1 aliphatic heterocycles. The fourth-order valence-electron chi connectivity index (χ4n) is 4.23. The summed E-state index contributed by atoms with van der Waals surface area (Å²) in [5, 5.41) is 7.28. The second-order valence-corrected chi connectivity index (χ2v) is 10.2. The largest absolute Gasteiger partial charge is 0.356 e. The highest BCUT2D eigenvalue weighted by Crippen LogP contribution is 2.21. The Morgan fingerprint density at radius 1 is 1.18 bits per heavy atom. The Morgan fingerprint density at radius 3 is 2.85 bits per heavy atom. The van der Waals surface area contributed by atoms with E-state index >= 15 is 0 Å². The van der Waals surface area contributed by atoms with Crippen molar-refractivity contribution in [3.8, 4) is 11.4 Å². The number of rotatable bonds is 10. The van der Waals surface area contributed by atoms with Crippen molar-refractivity contribution in [2.24, 2.45) is 5.92 Å². The highest BCUT2D eigenvalue weighted by Gasteiger charge is 2.26. The average Bonchev–Trinajstić information content (AvgIpc) is 3.31. The van der Waals surface area contributed by atoms with Crippen LogP contribution in [0.3, 0.4) is 0 Å². The van der Waals surface area contributed by atoms with Crippen LogP contribution in [0.2, 0.25) is 0 Å². The lowest BCUT2D eigenvalue weighted by atomic mass is 9.97. The van der Waals surface area contributed by atoms with Crippen LogP contribution in [0.4, 0.5) is 0 Å². The van der Waals surface area contributed by atoms with Gasteiger partial charge < -0.3 is 9.84 Å². The van der Waals surface area contributed by atoms with E-state index in [0.29, 0.717) is 18.3 Å². The Balaban J connectivity index is 1.16. The van der Waals surface area contributed by atoms with Crippen LogP contribution in [0.5, 0.6) is 0 Å². The Kier molecular flexibility index (Phi) is 8.77. The highest BCUT2D eigenvalue weighted by molar-refractivity contribution is 7.98. The van der Waals surface area contributed by atoms with Gasteiger partial charge in [0.2, 0.25) is 17.6 Å². The number of amides is 1. The van der Waals surface area contributed by atoms with Crippen molar-refractivity contribution in [2.45, 2.75) is 45.4 Å². The maximum absolute atomic E-state index is 12.7. The number of aryl methyl sites for hydroxylation is 2. The van der Waals surface area contributed by atoms with Crippen LogP contribution < -0.4 is 5.32 Å². The number of piperidine rings is 1. The van der Waals surface area contributed by atoms with E-state index in [1.54, 1.807) is 0 Å². The standard InChI is InChI=1S/C27H34N4O2S/c1-20-9-11-22(12-10-20)19-34-15-5-13-28-27(32)24-8-4-14-31(17-24)18-25-29-26(30-33-25)23-7-3-6-21(2)16-23/h3,6-7,9-12,16,24H,4-5,8,13-15,17-19H2,1-2H3,(H,28,32). The molecule has 0 aliphatic carbocycles. The number of carbonyl (C=O) groups excluding carboxylic acids is 1. The minimum absolute atomic E-state index is 0.0214. The van der Waals surface area contributed by atoms with Crippen molar-refractivity contribution in [3.63, 3.8) is 0 Å². The quantitative estimate of drug-likeness (QED) is 0.413. The lowest BCUT2D eigenvalue weighted by Crippen LogP contribution is -2.43. The van der Waals surface area contributed by atoms with Crippen molar-refractivity contribution in [2.75, 3.05) is 25.4 Å². The van der Waals surface area contributed by atoms with Gasteiger partial charge in [0.15, 0.2) is 0 Å². The van der Waals surface area contributed by atoms with Crippen LogP contribution >= 0.6 is 11.8 Å². The molecule has 1 saturated heterocycles. The lowest BCUT2D eigenvalue weighted by Gasteiger charge is -2.30. The first-order valence-electron chi connectivity index (χ1n) is 12.1. The molecule has 7 heteroatoms. The van der Waals surface area contributed by atoms with Crippen molar-refractivity contribution >= 4 is 17.7 Å². The SMILES string of the molecule is Cc1ccc(CSCCCNC(=O)C2CCCN(Cc3nc(-c4cccc(C)c4)no3)C2)cc1. The third-order valence-electron chi connectivity index (χ3n) is 6.13. The van der Waals surface area contributed by atoms with E-state index in [4.69, 9.17) is 4.52 Å². The van der Waals surface area contributed by atoms with Crippen LogP contribution in [-0.2, 0) is 17.1 Å². The molecule has 1 atom stereocenters. The Hall–Kier alpha value is -2.64. The summed E-state index contributed by atoms with van der Waals surface area (Å²) in [6, 6.07) is 16.8. The van der Waals surface area contributed by atoms with Crippen molar-refractivity contribution in [1.82, 2.24) is 20.4 Å². The molecule has 0 bridgehead atoms. The predicted molar refractivity (Wildman–Crippen MR) is 137 cm³/mol. The summed E-state index contributed by atoms with van der Waals surface area (Å²) in [5.41, 5.74) is 4.78. The molecule has 0 saturated carbocycles. The lowest BCUT2D eigenvalue weighted by molar-refractivity contribution is -0.126. The summed E-state index contributed by atoms with van der Waals surface area (Å²) in [5.74, 6) is 3.47. The molecular weight excluding hydrogens is 444 g/mol. The van der Waals surface area contributed by atoms with Crippen molar-refractivity contribution in [3.05, 3.63) is 71.1 Å².